The van der Waals surface area contributed by atoms with Crippen LogP contribution in [0.5, 0.6) is 0 Å². The van der Waals surface area contributed by atoms with Crippen LogP contribution in [-0.2, 0) is 0 Å². The van der Waals surface area contributed by atoms with E-state index in [1.807, 2.05) is 0 Å². The normalized spacial score (nSPS) is 11.5. The number of hydrogen-bond donors (Lipinski definition) is 0. The predicted molar refractivity (Wildman–Crippen MR) is 218 cm³/mol. The van der Waals surface area contributed by atoms with Crippen molar-refractivity contribution in [2.75, 3.05) is 37.0 Å². The molecule has 47 heavy (non-hydrogen) atoms. The molecule has 6 aromatic rings. The Morgan fingerprint density at radius 2 is 0.468 bits per heavy atom. The van der Waals surface area contributed by atoms with Crippen molar-refractivity contribution in [1.29, 1.82) is 0 Å². The van der Waals surface area contributed by atoms with Gasteiger partial charge in [0.05, 0.1) is 0 Å². The Labute approximate surface area is 287 Å². The fraction of sp³-hybridized carbons (Fsp3) is 0.163. The molecule has 0 saturated carbocycles. The fourth-order valence-corrected chi connectivity index (χ4v) is 17.6. The summed E-state index contributed by atoms with van der Waals surface area (Å²) in [7, 11) is -1.21. The molecular formula is C43H44P4. The molecule has 236 valence electrons. The largest absolute Gasteiger partial charge is 0.106 e. The monoisotopic (exact) mass is 684 g/mol. The second-order valence-corrected chi connectivity index (χ2v) is 21.4. The third kappa shape index (κ3) is 10.0. The third-order valence-corrected chi connectivity index (χ3v) is 19.5. The minimum atomic E-state index is -0.371. The second-order valence-electron chi connectivity index (χ2n) is 11.7. The molecule has 0 N–H and O–H groups in total. The highest BCUT2D eigenvalue weighted by atomic mass is 31.1. The SMILES string of the molecule is c1ccc(P(CCCP(CCP(c2ccccc2)c2ccccc2)CCP(c2ccccc2)c2ccccc2)c2ccccc2)cc1. The highest BCUT2D eigenvalue weighted by molar-refractivity contribution is 7.75. The van der Waals surface area contributed by atoms with Gasteiger partial charge in [-0.3, -0.25) is 0 Å². The third-order valence-electron chi connectivity index (χ3n) is 8.54. The summed E-state index contributed by atoms with van der Waals surface area (Å²) in [6, 6.07) is 67.8. The van der Waals surface area contributed by atoms with E-state index in [-0.39, 0.29) is 31.7 Å². The quantitative estimate of drug-likeness (QED) is 0.0893. The maximum atomic E-state index is 2.36. The molecule has 6 aromatic carbocycles. The molecule has 4 heteroatoms. The summed E-state index contributed by atoms with van der Waals surface area (Å²) in [5, 5.41) is 9.05. The Kier molecular flexibility index (Phi) is 13.4. The van der Waals surface area contributed by atoms with Gasteiger partial charge in [-0.15, -0.1) is 7.92 Å². The van der Waals surface area contributed by atoms with Crippen molar-refractivity contribution in [3.63, 3.8) is 0 Å². The van der Waals surface area contributed by atoms with Gasteiger partial charge in [0, 0.05) is 0 Å². The van der Waals surface area contributed by atoms with Gasteiger partial charge >= 0.3 is 0 Å². The zero-order chi connectivity index (χ0) is 31.9. The summed E-state index contributed by atoms with van der Waals surface area (Å²) in [4.78, 5) is 0. The van der Waals surface area contributed by atoms with Crippen LogP contribution in [-0.4, -0.2) is 37.0 Å². The molecule has 0 aliphatic heterocycles. The van der Waals surface area contributed by atoms with Crippen LogP contribution in [0.15, 0.2) is 182 Å². The Morgan fingerprint density at radius 1 is 0.234 bits per heavy atom. The molecular weight excluding hydrogens is 640 g/mol. The Hall–Kier alpha value is -2.96. The van der Waals surface area contributed by atoms with Crippen molar-refractivity contribution in [3.8, 4) is 0 Å². The van der Waals surface area contributed by atoms with Crippen LogP contribution in [0, 0.1) is 0 Å². The van der Waals surface area contributed by atoms with Gasteiger partial charge in [-0.1, -0.05) is 182 Å². The molecule has 0 amide bonds. The molecule has 0 bridgehead atoms. The van der Waals surface area contributed by atoms with E-state index >= 15 is 0 Å². The fourth-order valence-electron chi connectivity index (χ4n) is 6.14. The molecule has 0 saturated heterocycles. The molecule has 0 aliphatic carbocycles. The Balaban J connectivity index is 1.22. The molecule has 0 unspecified atom stereocenters. The van der Waals surface area contributed by atoms with Crippen molar-refractivity contribution < 1.29 is 0 Å². The van der Waals surface area contributed by atoms with Gasteiger partial charge in [-0.2, -0.15) is 0 Å². The number of rotatable bonds is 16. The smallest absolute Gasteiger partial charge is 0.0195 e. The van der Waals surface area contributed by atoms with Gasteiger partial charge in [0.1, 0.15) is 0 Å². The van der Waals surface area contributed by atoms with Crippen molar-refractivity contribution in [3.05, 3.63) is 182 Å². The first-order valence-electron chi connectivity index (χ1n) is 16.7. The first-order chi connectivity index (χ1) is 23.3. The molecule has 0 aromatic heterocycles. The van der Waals surface area contributed by atoms with E-state index in [1.165, 1.54) is 75.2 Å². The maximum Gasteiger partial charge on any atom is -0.0195 e. The van der Waals surface area contributed by atoms with Crippen LogP contribution in [0.3, 0.4) is 0 Å². The maximum absolute atomic E-state index is 2.36. The standard InChI is InChI=1S/C43H44P4/c1-7-20-38(21-8-1)45(39-22-9-2-10-23-39)33-19-32-44(34-36-46(40-24-11-3-12-25-40)41-26-13-4-14-27-41)35-37-47(42-28-15-5-16-29-42)43-30-17-6-18-31-43/h1-18,20-31H,19,32-37H2. The van der Waals surface area contributed by atoms with Crippen LogP contribution in [0.2, 0.25) is 0 Å². The summed E-state index contributed by atoms with van der Waals surface area (Å²) in [6.45, 7) is 0. The minimum Gasteiger partial charge on any atom is -0.106 e. The minimum absolute atomic E-state index is 0.113. The molecule has 0 fully saturated rings. The van der Waals surface area contributed by atoms with Gasteiger partial charge in [-0.25, -0.2) is 0 Å². The van der Waals surface area contributed by atoms with E-state index in [9.17, 15) is 0 Å². The first kappa shape index (κ1) is 33.9. The van der Waals surface area contributed by atoms with Crippen molar-refractivity contribution >= 4 is 63.5 Å². The van der Waals surface area contributed by atoms with Crippen LogP contribution in [0.25, 0.3) is 0 Å². The molecule has 6 rings (SSSR count). The Morgan fingerprint density at radius 3 is 0.723 bits per heavy atom. The lowest BCUT2D eigenvalue weighted by Crippen LogP contribution is -2.18. The molecule has 0 radical (unpaired) electrons. The molecule has 0 heterocycles. The first-order valence-corrected chi connectivity index (χ1v) is 23.2. The lowest BCUT2D eigenvalue weighted by Gasteiger charge is -2.26. The molecule has 0 spiro atoms. The van der Waals surface area contributed by atoms with Crippen molar-refractivity contribution in [2.24, 2.45) is 0 Å². The summed E-state index contributed by atoms with van der Waals surface area (Å²) in [5.41, 5.74) is 0. The highest BCUT2D eigenvalue weighted by Crippen LogP contribution is 2.47. The topological polar surface area (TPSA) is 0 Å². The van der Waals surface area contributed by atoms with Gasteiger partial charge in [0.2, 0.25) is 0 Å². The lowest BCUT2D eigenvalue weighted by molar-refractivity contribution is 1.10. The van der Waals surface area contributed by atoms with E-state index in [2.05, 4.69) is 182 Å². The average Bonchev–Trinajstić information content (AvgIpc) is 3.15. The van der Waals surface area contributed by atoms with Gasteiger partial charge in [0.15, 0.2) is 0 Å². The number of benzene rings is 6. The van der Waals surface area contributed by atoms with E-state index < -0.39 is 0 Å². The zero-order valence-electron chi connectivity index (χ0n) is 27.1. The highest BCUT2D eigenvalue weighted by Gasteiger charge is 2.21. The molecule has 0 nitrogen and oxygen atoms in total. The number of hydrogen-bond acceptors (Lipinski definition) is 0. The Bertz CT molecular complexity index is 1490. The zero-order valence-corrected chi connectivity index (χ0v) is 30.6. The van der Waals surface area contributed by atoms with Crippen LogP contribution >= 0.6 is 31.7 Å². The molecule has 0 aliphatic rings. The van der Waals surface area contributed by atoms with E-state index in [4.69, 9.17) is 0 Å². The van der Waals surface area contributed by atoms with Gasteiger partial charge in [0.25, 0.3) is 0 Å². The lowest BCUT2D eigenvalue weighted by atomic mass is 10.4. The summed E-state index contributed by atoms with van der Waals surface area (Å²) < 4.78 is 0. The van der Waals surface area contributed by atoms with Crippen LogP contribution < -0.4 is 31.8 Å². The van der Waals surface area contributed by atoms with Gasteiger partial charge in [-0.05, 0) is 99.0 Å². The van der Waals surface area contributed by atoms with Gasteiger partial charge < -0.3 is 0 Å². The second kappa shape index (κ2) is 18.5. The van der Waals surface area contributed by atoms with Crippen molar-refractivity contribution in [2.45, 2.75) is 6.42 Å². The average molecular weight is 685 g/mol. The predicted octanol–water partition coefficient (Wildman–Crippen LogP) is 9.26. The summed E-state index contributed by atoms with van der Waals surface area (Å²) in [6.07, 6.45) is 9.14. The molecule has 0 atom stereocenters. The van der Waals surface area contributed by atoms with E-state index in [0.717, 1.165) is 0 Å². The van der Waals surface area contributed by atoms with E-state index in [0.29, 0.717) is 0 Å². The summed E-state index contributed by atoms with van der Waals surface area (Å²) in [5.74, 6) is 0. The van der Waals surface area contributed by atoms with Crippen LogP contribution in [0.1, 0.15) is 6.42 Å². The van der Waals surface area contributed by atoms with E-state index in [1.54, 1.807) is 0 Å². The summed E-state index contributed by atoms with van der Waals surface area (Å²) >= 11 is 0. The van der Waals surface area contributed by atoms with Crippen LogP contribution in [0.4, 0.5) is 0 Å². The van der Waals surface area contributed by atoms with Crippen molar-refractivity contribution in [1.82, 2.24) is 0 Å².